The molecular weight excluding hydrogens is 388 g/mol. The average Bonchev–Trinajstić information content (AvgIpc) is 3.28. The number of fused-ring (bicyclic) bond motifs is 1. The van der Waals surface area contributed by atoms with Gasteiger partial charge in [0.1, 0.15) is 5.82 Å². The fourth-order valence-electron chi connectivity index (χ4n) is 3.16. The maximum absolute atomic E-state index is 13.0. The van der Waals surface area contributed by atoms with Crippen LogP contribution in [0, 0.1) is 0 Å². The fourth-order valence-corrected chi connectivity index (χ4v) is 5.91. The van der Waals surface area contributed by atoms with E-state index in [0.29, 0.717) is 18.7 Å². The number of aromatic nitrogens is 4. The minimum absolute atomic E-state index is 0.0227. The molecule has 142 valence electrons. The van der Waals surface area contributed by atoms with Gasteiger partial charge in [0.2, 0.25) is 5.91 Å². The molecule has 3 aromatic rings. The molecule has 4 rings (SSSR count). The molecule has 2 N–H and O–H groups in total. The molecule has 0 aliphatic carbocycles. The fraction of sp³-hybridized carbons (Fsp3) is 0.375. The maximum Gasteiger partial charge on any atom is 0.254 e. The zero-order chi connectivity index (χ0) is 19.0. The third-order valence-corrected chi connectivity index (χ3v) is 7.62. The number of imidazole rings is 1. The number of pyridine rings is 1. The summed E-state index contributed by atoms with van der Waals surface area (Å²) in [6, 6.07) is 3.73. The van der Waals surface area contributed by atoms with Crippen LogP contribution >= 0.6 is 11.3 Å². The van der Waals surface area contributed by atoms with E-state index >= 15 is 0 Å². The SMILES string of the molecule is CC(=O)Nc1ncc(S(=O)(=O)N2CCCC(c3nc4ncccc4[nH]3)C2)s1. The normalized spacial score (nSPS) is 18.6. The first kappa shape index (κ1) is 18.0. The maximum atomic E-state index is 13.0. The molecule has 1 fully saturated rings. The lowest BCUT2D eigenvalue weighted by Crippen LogP contribution is -2.39. The van der Waals surface area contributed by atoms with Crippen LogP contribution in [0.15, 0.2) is 28.7 Å². The first-order valence-electron chi connectivity index (χ1n) is 8.47. The Morgan fingerprint density at radius 1 is 1.41 bits per heavy atom. The molecule has 1 aliphatic rings. The van der Waals surface area contributed by atoms with E-state index in [2.05, 4.69) is 25.3 Å². The summed E-state index contributed by atoms with van der Waals surface area (Å²) in [7, 11) is -3.67. The van der Waals surface area contributed by atoms with Gasteiger partial charge in [-0.2, -0.15) is 4.31 Å². The third kappa shape index (κ3) is 3.57. The molecule has 1 unspecified atom stereocenters. The third-order valence-electron chi connectivity index (χ3n) is 4.41. The van der Waals surface area contributed by atoms with Crippen LogP contribution in [0.3, 0.4) is 0 Å². The van der Waals surface area contributed by atoms with E-state index in [4.69, 9.17) is 0 Å². The van der Waals surface area contributed by atoms with Crippen molar-refractivity contribution in [3.8, 4) is 0 Å². The van der Waals surface area contributed by atoms with Crippen LogP contribution in [-0.4, -0.2) is 51.7 Å². The minimum Gasteiger partial charge on any atom is -0.340 e. The van der Waals surface area contributed by atoms with Gasteiger partial charge in [-0.05, 0) is 25.0 Å². The Labute approximate surface area is 159 Å². The minimum atomic E-state index is -3.67. The second-order valence-electron chi connectivity index (χ2n) is 6.36. The Morgan fingerprint density at radius 2 is 2.26 bits per heavy atom. The van der Waals surface area contributed by atoms with E-state index in [1.54, 1.807) is 6.20 Å². The molecule has 0 bridgehead atoms. The van der Waals surface area contributed by atoms with Crippen molar-refractivity contribution in [1.29, 1.82) is 0 Å². The van der Waals surface area contributed by atoms with Crippen molar-refractivity contribution >= 4 is 43.6 Å². The zero-order valence-corrected chi connectivity index (χ0v) is 16.2. The van der Waals surface area contributed by atoms with Gasteiger partial charge in [-0.25, -0.2) is 23.4 Å². The monoisotopic (exact) mass is 406 g/mol. The summed E-state index contributed by atoms with van der Waals surface area (Å²) >= 11 is 0.957. The highest BCUT2D eigenvalue weighted by Crippen LogP contribution is 2.32. The van der Waals surface area contributed by atoms with Crippen molar-refractivity contribution in [3.05, 3.63) is 30.4 Å². The molecule has 1 atom stereocenters. The van der Waals surface area contributed by atoms with E-state index in [9.17, 15) is 13.2 Å². The zero-order valence-electron chi connectivity index (χ0n) is 14.5. The molecule has 9 nitrogen and oxygen atoms in total. The summed E-state index contributed by atoms with van der Waals surface area (Å²) in [6.45, 7) is 2.15. The second kappa shape index (κ2) is 6.98. The molecule has 1 aliphatic heterocycles. The lowest BCUT2D eigenvalue weighted by Gasteiger charge is -2.30. The smallest absolute Gasteiger partial charge is 0.254 e. The molecule has 27 heavy (non-hydrogen) atoms. The van der Waals surface area contributed by atoms with Crippen LogP contribution in [-0.2, 0) is 14.8 Å². The van der Waals surface area contributed by atoms with Gasteiger partial charge >= 0.3 is 0 Å². The highest BCUT2D eigenvalue weighted by molar-refractivity contribution is 7.91. The first-order valence-corrected chi connectivity index (χ1v) is 10.7. The van der Waals surface area contributed by atoms with Crippen LogP contribution in [0.2, 0.25) is 0 Å². The lowest BCUT2D eigenvalue weighted by molar-refractivity contribution is -0.114. The van der Waals surface area contributed by atoms with Crippen LogP contribution in [0.1, 0.15) is 31.5 Å². The summed E-state index contributed by atoms with van der Waals surface area (Å²) in [6.07, 6.45) is 4.57. The van der Waals surface area contributed by atoms with E-state index < -0.39 is 10.0 Å². The number of piperidine rings is 1. The van der Waals surface area contributed by atoms with Crippen molar-refractivity contribution < 1.29 is 13.2 Å². The summed E-state index contributed by atoms with van der Waals surface area (Å²) in [4.78, 5) is 27.1. The van der Waals surface area contributed by atoms with Crippen molar-refractivity contribution in [2.45, 2.75) is 29.9 Å². The van der Waals surface area contributed by atoms with Crippen molar-refractivity contribution in [2.75, 3.05) is 18.4 Å². The largest absolute Gasteiger partial charge is 0.340 e. The van der Waals surface area contributed by atoms with Gasteiger partial charge in [-0.1, -0.05) is 11.3 Å². The molecule has 1 saturated heterocycles. The number of aromatic amines is 1. The number of anilines is 1. The Balaban J connectivity index is 1.56. The molecule has 0 aromatic carbocycles. The van der Waals surface area contributed by atoms with E-state index in [0.717, 1.165) is 35.5 Å². The number of nitrogens with zero attached hydrogens (tertiary/aromatic N) is 4. The number of carbonyl (C=O) groups excluding carboxylic acids is 1. The quantitative estimate of drug-likeness (QED) is 0.683. The first-order chi connectivity index (χ1) is 12.9. The van der Waals surface area contributed by atoms with Crippen LogP contribution in [0.25, 0.3) is 11.2 Å². The standard InChI is InChI=1S/C16H18N6O3S2/c1-10(23)19-16-18-8-13(26-16)27(24,25)22-7-3-4-11(9-22)14-20-12-5-2-6-17-15(12)21-14/h2,5-6,8,11H,3-4,7,9H2,1H3,(H,17,20,21)(H,18,19,23). The van der Waals surface area contributed by atoms with Gasteiger partial charge in [0.05, 0.1) is 11.7 Å². The summed E-state index contributed by atoms with van der Waals surface area (Å²) in [5.41, 5.74) is 1.48. The van der Waals surface area contributed by atoms with Crippen LogP contribution in [0.4, 0.5) is 5.13 Å². The predicted molar refractivity (Wildman–Crippen MR) is 101 cm³/mol. The molecule has 3 aromatic heterocycles. The molecule has 0 saturated carbocycles. The Bertz CT molecular complexity index is 1060. The van der Waals surface area contributed by atoms with E-state index in [1.807, 2.05) is 12.1 Å². The number of hydrogen-bond acceptors (Lipinski definition) is 7. The number of H-pyrrole nitrogens is 1. The van der Waals surface area contributed by atoms with Crippen molar-refractivity contribution in [3.63, 3.8) is 0 Å². The number of amides is 1. The lowest BCUT2D eigenvalue weighted by atomic mass is 9.99. The van der Waals surface area contributed by atoms with Gasteiger partial charge in [0, 0.05) is 32.1 Å². The van der Waals surface area contributed by atoms with Gasteiger partial charge < -0.3 is 10.3 Å². The number of rotatable bonds is 4. The predicted octanol–water partition coefficient (Wildman–Crippen LogP) is 1.94. The number of thiazole rings is 1. The second-order valence-corrected chi connectivity index (χ2v) is 9.56. The molecule has 4 heterocycles. The van der Waals surface area contributed by atoms with Crippen molar-refractivity contribution in [2.24, 2.45) is 0 Å². The molecule has 0 radical (unpaired) electrons. The average molecular weight is 406 g/mol. The van der Waals surface area contributed by atoms with Gasteiger partial charge in [0.25, 0.3) is 10.0 Å². The van der Waals surface area contributed by atoms with Gasteiger partial charge in [-0.3, -0.25) is 4.79 Å². The highest BCUT2D eigenvalue weighted by atomic mass is 32.2. The number of hydrogen-bond donors (Lipinski definition) is 2. The van der Waals surface area contributed by atoms with Crippen molar-refractivity contribution in [1.82, 2.24) is 24.2 Å². The summed E-state index contributed by atoms with van der Waals surface area (Å²) in [5, 5.41) is 2.79. The molecular formula is C16H18N6O3S2. The summed E-state index contributed by atoms with van der Waals surface area (Å²) in [5.74, 6) is 0.446. The van der Waals surface area contributed by atoms with Crippen LogP contribution in [0.5, 0.6) is 0 Å². The van der Waals surface area contributed by atoms with Gasteiger partial charge in [0.15, 0.2) is 15.0 Å². The molecule has 0 spiro atoms. The van der Waals surface area contributed by atoms with Crippen LogP contribution < -0.4 is 5.32 Å². The number of carbonyl (C=O) groups is 1. The topological polar surface area (TPSA) is 121 Å². The molecule has 1 amide bonds. The number of nitrogens with one attached hydrogen (secondary N) is 2. The van der Waals surface area contributed by atoms with E-state index in [-0.39, 0.29) is 21.2 Å². The Morgan fingerprint density at radius 3 is 3.04 bits per heavy atom. The molecule has 11 heteroatoms. The van der Waals surface area contributed by atoms with E-state index in [1.165, 1.54) is 17.4 Å². The Kier molecular flexibility index (Phi) is 4.66. The Hall–Kier alpha value is -2.37. The highest BCUT2D eigenvalue weighted by Gasteiger charge is 2.33. The number of sulfonamides is 1. The van der Waals surface area contributed by atoms with Gasteiger partial charge in [-0.15, -0.1) is 0 Å². The summed E-state index contributed by atoms with van der Waals surface area (Å²) < 4.78 is 27.5.